The lowest BCUT2D eigenvalue weighted by Gasteiger charge is -2.12. The Hall–Kier alpha value is -1.81. The molecule has 0 spiro atoms. The Labute approximate surface area is 125 Å². The van der Waals surface area contributed by atoms with E-state index in [1.165, 1.54) is 5.56 Å². The minimum absolute atomic E-state index is 0.0126. The molecule has 0 saturated heterocycles. The maximum absolute atomic E-state index is 12.1. The SMILES string of the molecule is Cc1ccc2c(CC(=O)NC(C)CCCO)coc2c1C. The maximum atomic E-state index is 12.1. The molecule has 1 atom stereocenters. The van der Waals surface area contributed by atoms with Crippen LogP contribution in [0.3, 0.4) is 0 Å². The van der Waals surface area contributed by atoms with Gasteiger partial charge in [-0.1, -0.05) is 12.1 Å². The summed E-state index contributed by atoms with van der Waals surface area (Å²) in [5, 5.41) is 12.8. The average molecular weight is 289 g/mol. The van der Waals surface area contributed by atoms with Crippen molar-refractivity contribution in [2.24, 2.45) is 0 Å². The number of fused-ring (bicyclic) bond motifs is 1. The van der Waals surface area contributed by atoms with Crippen LogP contribution in [0, 0.1) is 13.8 Å². The molecule has 0 fully saturated rings. The third kappa shape index (κ3) is 3.64. The second-order valence-corrected chi connectivity index (χ2v) is 5.66. The number of carbonyl (C=O) groups is 1. The first-order chi connectivity index (χ1) is 10.0. The van der Waals surface area contributed by atoms with Gasteiger partial charge in [0, 0.05) is 23.6 Å². The Kier molecular flexibility index (Phi) is 5.02. The zero-order valence-corrected chi connectivity index (χ0v) is 12.9. The fourth-order valence-electron chi connectivity index (χ4n) is 2.49. The highest BCUT2D eigenvalue weighted by atomic mass is 16.3. The van der Waals surface area contributed by atoms with Gasteiger partial charge in [0.15, 0.2) is 0 Å². The molecule has 0 aliphatic heterocycles. The largest absolute Gasteiger partial charge is 0.464 e. The van der Waals surface area contributed by atoms with E-state index in [0.717, 1.165) is 28.5 Å². The highest BCUT2D eigenvalue weighted by Gasteiger charge is 2.14. The number of benzene rings is 1. The molecule has 2 rings (SSSR count). The number of aliphatic hydroxyl groups excluding tert-OH is 1. The van der Waals surface area contributed by atoms with Crippen molar-refractivity contribution < 1.29 is 14.3 Å². The summed E-state index contributed by atoms with van der Waals surface area (Å²) in [4.78, 5) is 12.1. The molecule has 4 nitrogen and oxygen atoms in total. The van der Waals surface area contributed by atoms with E-state index in [1.54, 1.807) is 6.26 Å². The second-order valence-electron chi connectivity index (χ2n) is 5.66. The first kappa shape index (κ1) is 15.6. The zero-order valence-electron chi connectivity index (χ0n) is 12.9. The molecular formula is C17H23NO3. The molecule has 0 aliphatic rings. The topological polar surface area (TPSA) is 62.5 Å². The van der Waals surface area contributed by atoms with Crippen LogP contribution < -0.4 is 5.32 Å². The van der Waals surface area contributed by atoms with Crippen molar-refractivity contribution in [2.75, 3.05) is 6.61 Å². The smallest absolute Gasteiger partial charge is 0.224 e. The van der Waals surface area contributed by atoms with Gasteiger partial charge >= 0.3 is 0 Å². The van der Waals surface area contributed by atoms with Crippen molar-refractivity contribution in [1.82, 2.24) is 5.32 Å². The molecule has 114 valence electrons. The maximum Gasteiger partial charge on any atom is 0.224 e. The van der Waals surface area contributed by atoms with Crippen LogP contribution in [0.1, 0.15) is 36.5 Å². The molecule has 2 N–H and O–H groups in total. The fraction of sp³-hybridized carbons (Fsp3) is 0.471. The van der Waals surface area contributed by atoms with Gasteiger partial charge in [-0.15, -0.1) is 0 Å². The molecule has 0 bridgehead atoms. The van der Waals surface area contributed by atoms with Gasteiger partial charge in [0.05, 0.1) is 12.7 Å². The molecular weight excluding hydrogens is 266 g/mol. The summed E-state index contributed by atoms with van der Waals surface area (Å²) in [5.41, 5.74) is 4.09. The normalized spacial score (nSPS) is 12.6. The number of aliphatic hydroxyl groups is 1. The second kappa shape index (κ2) is 6.76. The van der Waals surface area contributed by atoms with E-state index < -0.39 is 0 Å². The summed E-state index contributed by atoms with van der Waals surface area (Å²) in [5.74, 6) is -0.0126. The number of carbonyl (C=O) groups excluding carboxylic acids is 1. The number of aryl methyl sites for hydroxylation is 2. The monoisotopic (exact) mass is 289 g/mol. The fourth-order valence-corrected chi connectivity index (χ4v) is 2.49. The molecule has 0 radical (unpaired) electrons. The van der Waals surface area contributed by atoms with Crippen LogP contribution >= 0.6 is 0 Å². The first-order valence-electron chi connectivity index (χ1n) is 7.39. The zero-order chi connectivity index (χ0) is 15.4. The van der Waals surface area contributed by atoms with Gasteiger partial charge in [-0.3, -0.25) is 4.79 Å². The third-order valence-corrected chi connectivity index (χ3v) is 3.90. The number of furan rings is 1. The molecule has 2 aromatic rings. The summed E-state index contributed by atoms with van der Waals surface area (Å²) < 4.78 is 5.62. The summed E-state index contributed by atoms with van der Waals surface area (Å²) in [7, 11) is 0. The molecule has 1 aromatic heterocycles. The van der Waals surface area contributed by atoms with Gasteiger partial charge in [0.2, 0.25) is 5.91 Å². The lowest BCUT2D eigenvalue weighted by molar-refractivity contribution is -0.121. The summed E-state index contributed by atoms with van der Waals surface area (Å²) >= 11 is 0. The molecule has 1 heterocycles. The van der Waals surface area contributed by atoms with Crippen LogP contribution in [0.5, 0.6) is 0 Å². The Morgan fingerprint density at radius 2 is 2.14 bits per heavy atom. The van der Waals surface area contributed by atoms with E-state index in [9.17, 15) is 4.79 Å². The van der Waals surface area contributed by atoms with Crippen LogP contribution in [0.4, 0.5) is 0 Å². The number of nitrogens with one attached hydrogen (secondary N) is 1. The van der Waals surface area contributed by atoms with Gasteiger partial charge < -0.3 is 14.8 Å². The summed E-state index contributed by atoms with van der Waals surface area (Å²) in [6.07, 6.45) is 3.48. The number of hydrogen-bond donors (Lipinski definition) is 2. The minimum Gasteiger partial charge on any atom is -0.464 e. The highest BCUT2D eigenvalue weighted by molar-refractivity contribution is 5.89. The molecule has 1 unspecified atom stereocenters. The quantitative estimate of drug-likeness (QED) is 0.859. The van der Waals surface area contributed by atoms with Crippen LogP contribution in [0.2, 0.25) is 0 Å². The first-order valence-corrected chi connectivity index (χ1v) is 7.39. The predicted octanol–water partition coefficient (Wildman–Crippen LogP) is 2.87. The third-order valence-electron chi connectivity index (χ3n) is 3.90. The van der Waals surface area contributed by atoms with Gasteiger partial charge in [-0.2, -0.15) is 0 Å². The van der Waals surface area contributed by atoms with E-state index in [1.807, 2.05) is 26.8 Å². The Balaban J connectivity index is 2.06. The van der Waals surface area contributed by atoms with Crippen molar-refractivity contribution in [1.29, 1.82) is 0 Å². The van der Waals surface area contributed by atoms with Crippen molar-refractivity contribution in [3.05, 3.63) is 35.1 Å². The standard InChI is InChI=1S/C17H23NO3/c1-11-6-7-15-14(10-21-17(15)13(11)3)9-16(20)18-12(2)5-4-8-19/h6-7,10,12,19H,4-5,8-9H2,1-3H3,(H,18,20). The van der Waals surface area contributed by atoms with Crippen LogP contribution in [-0.4, -0.2) is 23.7 Å². The van der Waals surface area contributed by atoms with E-state index in [2.05, 4.69) is 11.4 Å². The van der Waals surface area contributed by atoms with E-state index >= 15 is 0 Å². The Morgan fingerprint density at radius 3 is 2.86 bits per heavy atom. The van der Waals surface area contributed by atoms with Crippen molar-refractivity contribution in [3.63, 3.8) is 0 Å². The summed E-state index contributed by atoms with van der Waals surface area (Å²) in [6.45, 7) is 6.19. The Morgan fingerprint density at radius 1 is 1.38 bits per heavy atom. The molecule has 21 heavy (non-hydrogen) atoms. The summed E-state index contributed by atoms with van der Waals surface area (Å²) in [6, 6.07) is 4.14. The Bertz CT molecular complexity index is 630. The molecule has 0 saturated carbocycles. The van der Waals surface area contributed by atoms with Crippen LogP contribution in [0.15, 0.2) is 22.8 Å². The van der Waals surface area contributed by atoms with E-state index in [-0.39, 0.29) is 18.6 Å². The van der Waals surface area contributed by atoms with Gasteiger partial charge in [0.25, 0.3) is 0 Å². The van der Waals surface area contributed by atoms with Crippen molar-refractivity contribution >= 4 is 16.9 Å². The molecule has 0 aliphatic carbocycles. The number of amides is 1. The van der Waals surface area contributed by atoms with Gasteiger partial charge in [0.1, 0.15) is 5.58 Å². The highest BCUT2D eigenvalue weighted by Crippen LogP contribution is 2.26. The minimum atomic E-state index is -0.0126. The number of rotatable bonds is 6. The number of hydrogen-bond acceptors (Lipinski definition) is 3. The van der Waals surface area contributed by atoms with Crippen LogP contribution in [0.25, 0.3) is 11.0 Å². The predicted molar refractivity (Wildman–Crippen MR) is 83.3 cm³/mol. The van der Waals surface area contributed by atoms with Gasteiger partial charge in [-0.25, -0.2) is 0 Å². The van der Waals surface area contributed by atoms with Crippen molar-refractivity contribution in [2.45, 2.75) is 46.1 Å². The van der Waals surface area contributed by atoms with Crippen LogP contribution in [-0.2, 0) is 11.2 Å². The lowest BCUT2D eigenvalue weighted by Crippen LogP contribution is -2.33. The van der Waals surface area contributed by atoms with Crippen molar-refractivity contribution in [3.8, 4) is 0 Å². The van der Waals surface area contributed by atoms with E-state index in [0.29, 0.717) is 12.8 Å². The molecule has 1 aromatic carbocycles. The lowest BCUT2D eigenvalue weighted by atomic mass is 10.0. The molecule has 4 heteroatoms. The van der Waals surface area contributed by atoms with E-state index in [4.69, 9.17) is 9.52 Å². The van der Waals surface area contributed by atoms with Gasteiger partial charge in [-0.05, 0) is 44.7 Å². The average Bonchev–Trinajstić information content (AvgIpc) is 2.84. The molecule has 1 amide bonds.